The third kappa shape index (κ3) is 3.80. The first-order chi connectivity index (χ1) is 16.1. The molecular formula is C26H26N4O3. The van der Waals surface area contributed by atoms with Crippen molar-refractivity contribution in [2.75, 3.05) is 17.2 Å². The van der Waals surface area contributed by atoms with E-state index in [2.05, 4.69) is 15.7 Å². The second kappa shape index (κ2) is 8.58. The summed E-state index contributed by atoms with van der Waals surface area (Å²) in [6.07, 6.45) is 3.67. The van der Waals surface area contributed by atoms with Crippen LogP contribution in [0.5, 0.6) is 5.75 Å². The predicted molar refractivity (Wildman–Crippen MR) is 127 cm³/mol. The quantitative estimate of drug-likeness (QED) is 0.589. The molecule has 33 heavy (non-hydrogen) atoms. The van der Waals surface area contributed by atoms with Gasteiger partial charge in [-0.1, -0.05) is 24.3 Å². The van der Waals surface area contributed by atoms with Gasteiger partial charge in [-0.3, -0.25) is 9.59 Å². The van der Waals surface area contributed by atoms with Crippen LogP contribution in [0.3, 0.4) is 0 Å². The molecule has 2 N–H and O–H groups in total. The van der Waals surface area contributed by atoms with Gasteiger partial charge in [0.15, 0.2) is 5.78 Å². The molecular weight excluding hydrogens is 416 g/mol. The van der Waals surface area contributed by atoms with Gasteiger partial charge in [0.1, 0.15) is 23.2 Å². The Hall–Kier alpha value is -3.87. The number of carbonyl (C=O) groups excluding carboxylic acids is 2. The van der Waals surface area contributed by atoms with Gasteiger partial charge in [0.05, 0.1) is 12.8 Å². The first-order valence-electron chi connectivity index (χ1n) is 11.3. The van der Waals surface area contributed by atoms with Crippen molar-refractivity contribution in [1.82, 2.24) is 9.78 Å². The average molecular weight is 443 g/mol. The molecule has 168 valence electrons. The summed E-state index contributed by atoms with van der Waals surface area (Å²) >= 11 is 0. The number of carbonyl (C=O) groups is 2. The fourth-order valence-electron chi connectivity index (χ4n) is 4.61. The number of hydrogen-bond acceptors (Lipinski definition) is 5. The Labute approximate surface area is 192 Å². The van der Waals surface area contributed by atoms with Crippen LogP contribution in [0.4, 0.5) is 11.5 Å². The molecule has 1 aromatic heterocycles. The number of benzene rings is 2. The maximum atomic E-state index is 13.2. The lowest BCUT2D eigenvalue weighted by Crippen LogP contribution is -2.32. The van der Waals surface area contributed by atoms with Gasteiger partial charge in [-0.05, 0) is 62.1 Å². The molecule has 1 aliphatic carbocycles. The van der Waals surface area contributed by atoms with Crippen LogP contribution >= 0.6 is 0 Å². The number of hydrogen-bond donors (Lipinski definition) is 2. The van der Waals surface area contributed by atoms with Crippen LogP contribution in [0.15, 0.2) is 66.0 Å². The van der Waals surface area contributed by atoms with E-state index < -0.39 is 0 Å². The van der Waals surface area contributed by atoms with Crippen molar-refractivity contribution in [2.45, 2.75) is 39.2 Å². The number of rotatable bonds is 5. The molecule has 1 atom stereocenters. The summed E-state index contributed by atoms with van der Waals surface area (Å²) in [5.74, 6) is 1.24. The standard InChI is InChI=1S/C26H26N4O3/c1-3-33-18-13-11-17(12-14-18)28-26(32)20-15-27-30-24(19-8-5-4-7-16(19)2)23-21(29-25(20)30)9-6-10-22(23)31/h4-5,7-8,11-15,24,29H,3,6,9-10H2,1-2H3,(H,28,32). The molecule has 3 aromatic rings. The van der Waals surface area contributed by atoms with Crippen molar-refractivity contribution >= 4 is 23.2 Å². The number of allylic oxidation sites excluding steroid dienone is 2. The van der Waals surface area contributed by atoms with E-state index in [4.69, 9.17) is 4.74 Å². The minimum atomic E-state index is -0.350. The van der Waals surface area contributed by atoms with Crippen LogP contribution in [0.25, 0.3) is 0 Å². The smallest absolute Gasteiger partial charge is 0.261 e. The Bertz CT molecular complexity index is 1260. The molecule has 5 rings (SSSR count). The van der Waals surface area contributed by atoms with Crippen LogP contribution in [-0.4, -0.2) is 28.1 Å². The highest BCUT2D eigenvalue weighted by Crippen LogP contribution is 2.42. The number of anilines is 2. The first kappa shape index (κ1) is 21.0. The summed E-state index contributed by atoms with van der Waals surface area (Å²) in [6.45, 7) is 4.55. The van der Waals surface area contributed by atoms with Gasteiger partial charge in [0.25, 0.3) is 5.91 Å². The fourth-order valence-corrected chi connectivity index (χ4v) is 4.61. The Morgan fingerprint density at radius 2 is 1.97 bits per heavy atom. The third-order valence-corrected chi connectivity index (χ3v) is 6.19. The maximum absolute atomic E-state index is 13.2. The molecule has 1 unspecified atom stereocenters. The molecule has 1 amide bonds. The molecule has 2 aromatic carbocycles. The number of aromatic nitrogens is 2. The largest absolute Gasteiger partial charge is 0.494 e. The van der Waals surface area contributed by atoms with Gasteiger partial charge >= 0.3 is 0 Å². The van der Waals surface area contributed by atoms with Crippen LogP contribution in [0, 0.1) is 6.92 Å². The minimum absolute atomic E-state index is 0.138. The minimum Gasteiger partial charge on any atom is -0.494 e. The van der Waals surface area contributed by atoms with E-state index in [1.165, 1.54) is 0 Å². The van der Waals surface area contributed by atoms with E-state index in [1.807, 2.05) is 62.4 Å². The number of amides is 1. The number of Topliss-reactive ketones (excluding diaryl/α,β-unsaturated/α-hetero) is 1. The topological polar surface area (TPSA) is 85.2 Å². The number of ketones is 1. The highest BCUT2D eigenvalue weighted by Gasteiger charge is 2.38. The lowest BCUT2D eigenvalue weighted by Gasteiger charge is -2.34. The molecule has 0 bridgehead atoms. The molecule has 7 nitrogen and oxygen atoms in total. The molecule has 7 heteroatoms. The number of aryl methyl sites for hydroxylation is 1. The van der Waals surface area contributed by atoms with E-state index in [0.29, 0.717) is 30.1 Å². The Kier molecular flexibility index (Phi) is 5.46. The van der Waals surface area contributed by atoms with Gasteiger partial charge in [-0.15, -0.1) is 0 Å². The maximum Gasteiger partial charge on any atom is 0.261 e. The van der Waals surface area contributed by atoms with E-state index >= 15 is 0 Å². The average Bonchev–Trinajstić information content (AvgIpc) is 3.24. The molecule has 2 heterocycles. The molecule has 1 aliphatic heterocycles. The van der Waals surface area contributed by atoms with Gasteiger partial charge in [-0.25, -0.2) is 4.68 Å². The zero-order chi connectivity index (χ0) is 22.9. The van der Waals surface area contributed by atoms with E-state index in [0.717, 1.165) is 41.0 Å². The van der Waals surface area contributed by atoms with Gasteiger partial charge in [-0.2, -0.15) is 5.10 Å². The summed E-state index contributed by atoms with van der Waals surface area (Å²) in [5.41, 5.74) is 4.85. The predicted octanol–water partition coefficient (Wildman–Crippen LogP) is 4.86. The summed E-state index contributed by atoms with van der Waals surface area (Å²) < 4.78 is 7.24. The third-order valence-electron chi connectivity index (χ3n) is 6.19. The van der Waals surface area contributed by atoms with Crippen LogP contribution < -0.4 is 15.4 Å². The lowest BCUT2D eigenvalue weighted by atomic mass is 9.84. The van der Waals surface area contributed by atoms with Gasteiger partial charge < -0.3 is 15.4 Å². The Morgan fingerprint density at radius 3 is 2.73 bits per heavy atom. The Balaban J connectivity index is 1.52. The van der Waals surface area contributed by atoms with E-state index in [1.54, 1.807) is 10.9 Å². The number of fused-ring (bicyclic) bond motifs is 1. The first-order valence-corrected chi connectivity index (χ1v) is 11.3. The van der Waals surface area contributed by atoms with Crippen molar-refractivity contribution in [2.24, 2.45) is 0 Å². The normalized spacial score (nSPS) is 17.2. The molecule has 2 aliphatic rings. The molecule has 0 fully saturated rings. The molecule has 0 saturated carbocycles. The van der Waals surface area contributed by atoms with Crippen LogP contribution in [-0.2, 0) is 4.79 Å². The van der Waals surface area contributed by atoms with Crippen LogP contribution in [0.2, 0.25) is 0 Å². The number of nitrogens with one attached hydrogen (secondary N) is 2. The van der Waals surface area contributed by atoms with Crippen LogP contribution in [0.1, 0.15) is 53.7 Å². The lowest BCUT2D eigenvalue weighted by molar-refractivity contribution is -0.116. The highest BCUT2D eigenvalue weighted by molar-refractivity contribution is 6.08. The van der Waals surface area contributed by atoms with E-state index in [-0.39, 0.29) is 17.7 Å². The van der Waals surface area contributed by atoms with Crippen molar-refractivity contribution in [1.29, 1.82) is 0 Å². The van der Waals surface area contributed by atoms with Crippen molar-refractivity contribution in [3.8, 4) is 5.75 Å². The summed E-state index contributed by atoms with van der Waals surface area (Å²) in [6, 6.07) is 14.9. The zero-order valence-corrected chi connectivity index (χ0v) is 18.7. The van der Waals surface area contributed by atoms with Gasteiger partial charge in [0, 0.05) is 23.4 Å². The summed E-state index contributed by atoms with van der Waals surface area (Å²) in [7, 11) is 0. The fraction of sp³-hybridized carbons (Fsp3) is 0.269. The zero-order valence-electron chi connectivity index (χ0n) is 18.7. The van der Waals surface area contributed by atoms with Crippen molar-refractivity contribution < 1.29 is 14.3 Å². The SMILES string of the molecule is CCOc1ccc(NC(=O)c2cnn3c2NC2=C(C(=O)CCC2)C3c2ccccc2C)cc1. The monoisotopic (exact) mass is 442 g/mol. The second-order valence-electron chi connectivity index (χ2n) is 8.32. The molecule has 0 radical (unpaired) electrons. The number of ether oxygens (including phenoxy) is 1. The van der Waals surface area contributed by atoms with E-state index in [9.17, 15) is 9.59 Å². The summed E-state index contributed by atoms with van der Waals surface area (Å²) in [5, 5.41) is 10.9. The number of nitrogens with zero attached hydrogens (tertiary/aromatic N) is 2. The highest BCUT2D eigenvalue weighted by atomic mass is 16.5. The Morgan fingerprint density at radius 1 is 1.18 bits per heavy atom. The summed E-state index contributed by atoms with van der Waals surface area (Å²) in [4.78, 5) is 26.1. The molecule has 0 saturated heterocycles. The van der Waals surface area contributed by atoms with Gasteiger partial charge in [0.2, 0.25) is 0 Å². The molecule has 0 spiro atoms. The second-order valence-corrected chi connectivity index (χ2v) is 8.32. The van der Waals surface area contributed by atoms with Crippen molar-refractivity contribution in [3.63, 3.8) is 0 Å². The van der Waals surface area contributed by atoms with Crippen molar-refractivity contribution in [3.05, 3.63) is 82.7 Å².